The molecule has 0 aliphatic rings. The van der Waals surface area contributed by atoms with Gasteiger partial charge >= 0.3 is 0 Å². The lowest BCUT2D eigenvalue weighted by Gasteiger charge is -2.17. The van der Waals surface area contributed by atoms with Crippen molar-refractivity contribution >= 4 is 68.0 Å². The van der Waals surface area contributed by atoms with E-state index in [1.165, 1.54) is 0 Å². The second-order valence-electron chi connectivity index (χ2n) is 6.47. The van der Waals surface area contributed by atoms with E-state index in [0.29, 0.717) is 45.9 Å². The number of phenols is 1. The molecule has 0 aliphatic heterocycles. The normalized spacial score (nSPS) is 10.8. The molecule has 31 heavy (non-hydrogen) atoms. The van der Waals surface area contributed by atoms with Gasteiger partial charge in [-0.15, -0.1) is 0 Å². The number of halogens is 5. The van der Waals surface area contributed by atoms with E-state index < -0.39 is 0 Å². The average molecular weight is 566 g/mol. The predicted molar refractivity (Wildman–Crippen MR) is 132 cm³/mol. The summed E-state index contributed by atoms with van der Waals surface area (Å²) in [7, 11) is 0. The van der Waals surface area contributed by atoms with Gasteiger partial charge in [0.15, 0.2) is 17.2 Å². The molecular weight excluding hydrogens is 548 g/mol. The van der Waals surface area contributed by atoms with Crippen LogP contribution < -0.4 is 14.8 Å². The smallest absolute Gasteiger partial charge is 0.175 e. The van der Waals surface area contributed by atoms with E-state index in [1.807, 2.05) is 19.1 Å². The molecule has 0 amide bonds. The van der Waals surface area contributed by atoms with Crippen LogP contribution in [0, 0.1) is 0 Å². The molecule has 3 aromatic rings. The molecule has 3 rings (SSSR count). The first kappa shape index (κ1) is 24.1. The van der Waals surface area contributed by atoms with Gasteiger partial charge in [-0.2, -0.15) is 0 Å². The lowest BCUT2D eigenvalue weighted by atomic mass is 10.2. The van der Waals surface area contributed by atoms with Crippen LogP contribution in [0.1, 0.15) is 18.1 Å². The van der Waals surface area contributed by atoms with Crippen molar-refractivity contribution in [2.24, 2.45) is 0 Å². The number of aromatic hydroxyl groups is 1. The second kappa shape index (κ2) is 10.9. The molecule has 4 nitrogen and oxygen atoms in total. The maximum atomic E-state index is 9.70. The van der Waals surface area contributed by atoms with Gasteiger partial charge in [0.1, 0.15) is 6.61 Å². The van der Waals surface area contributed by atoms with Crippen molar-refractivity contribution < 1.29 is 14.6 Å². The van der Waals surface area contributed by atoms with Gasteiger partial charge < -0.3 is 19.9 Å². The van der Waals surface area contributed by atoms with Gasteiger partial charge in [-0.05, 0) is 64.8 Å². The number of anilines is 1. The number of benzene rings is 3. The molecule has 0 unspecified atom stereocenters. The molecule has 2 N–H and O–H groups in total. The maximum Gasteiger partial charge on any atom is 0.175 e. The fourth-order valence-electron chi connectivity index (χ4n) is 2.81. The van der Waals surface area contributed by atoms with Crippen molar-refractivity contribution in [2.45, 2.75) is 20.1 Å². The Labute approximate surface area is 209 Å². The molecule has 0 atom stereocenters. The highest BCUT2D eigenvalue weighted by Gasteiger charge is 2.15. The highest BCUT2D eigenvalue weighted by Crippen LogP contribution is 2.39. The van der Waals surface area contributed by atoms with Crippen molar-refractivity contribution in [3.63, 3.8) is 0 Å². The zero-order valence-electron chi connectivity index (χ0n) is 16.3. The van der Waals surface area contributed by atoms with Crippen molar-refractivity contribution in [3.8, 4) is 17.2 Å². The average Bonchev–Trinajstić information content (AvgIpc) is 2.71. The molecular formula is C22H18BrCl4NO3. The summed E-state index contributed by atoms with van der Waals surface area (Å²) in [5.41, 5.74) is 2.31. The molecule has 0 heterocycles. The Kier molecular flexibility index (Phi) is 8.48. The Balaban J connectivity index is 1.80. The molecule has 9 heteroatoms. The Bertz CT molecular complexity index is 1050. The Hall–Kier alpha value is -1.50. The monoisotopic (exact) mass is 563 g/mol. The van der Waals surface area contributed by atoms with Crippen LogP contribution in [0.15, 0.2) is 46.9 Å². The number of nitrogens with one attached hydrogen (secondary N) is 1. The SMILES string of the molecule is CCOc1cc(CNc2cc(Cl)c(O)c(Cl)c2)cc(Br)c1OCc1c(Cl)cccc1Cl. The first-order valence-corrected chi connectivity index (χ1v) is 11.5. The van der Waals surface area contributed by atoms with Gasteiger partial charge in [-0.3, -0.25) is 0 Å². The summed E-state index contributed by atoms with van der Waals surface area (Å²) >= 11 is 28.0. The van der Waals surface area contributed by atoms with E-state index >= 15 is 0 Å². The van der Waals surface area contributed by atoms with Crippen LogP contribution >= 0.6 is 62.3 Å². The zero-order chi connectivity index (χ0) is 22.5. The lowest BCUT2D eigenvalue weighted by Crippen LogP contribution is -2.04. The molecule has 3 aromatic carbocycles. The number of hydrogen-bond acceptors (Lipinski definition) is 4. The summed E-state index contributed by atoms with van der Waals surface area (Å²) in [5.74, 6) is 0.992. The minimum atomic E-state index is -0.143. The molecule has 0 aromatic heterocycles. The van der Waals surface area contributed by atoms with Crippen LogP contribution in [-0.2, 0) is 13.2 Å². The standard InChI is InChI=1S/C22H18BrCl4NO3/c1-2-30-20-7-12(10-28-13-8-18(26)21(29)19(27)9-13)6-15(23)22(20)31-11-14-16(24)4-3-5-17(14)25/h3-9,28-29H,2,10-11H2,1H3. The van der Waals surface area contributed by atoms with Gasteiger partial charge in [0.05, 0.1) is 21.1 Å². The molecule has 0 aliphatic carbocycles. The number of rotatable bonds is 8. The molecule has 0 radical (unpaired) electrons. The summed E-state index contributed by atoms with van der Waals surface area (Å²) in [5, 5.41) is 14.3. The topological polar surface area (TPSA) is 50.7 Å². The van der Waals surface area contributed by atoms with Gasteiger partial charge in [-0.1, -0.05) is 52.5 Å². The second-order valence-corrected chi connectivity index (χ2v) is 8.95. The van der Waals surface area contributed by atoms with Crippen LogP contribution in [0.3, 0.4) is 0 Å². The summed E-state index contributed by atoms with van der Waals surface area (Å²) in [6.07, 6.45) is 0. The number of phenolic OH excluding ortho intramolecular Hbond substituents is 1. The summed E-state index contributed by atoms with van der Waals surface area (Å²) in [6.45, 7) is 3.02. The van der Waals surface area contributed by atoms with Crippen molar-refractivity contribution in [1.29, 1.82) is 0 Å². The first-order valence-electron chi connectivity index (χ1n) is 9.23. The highest BCUT2D eigenvalue weighted by atomic mass is 79.9. The molecule has 164 valence electrons. The first-order chi connectivity index (χ1) is 14.8. The van der Waals surface area contributed by atoms with Crippen LogP contribution in [0.5, 0.6) is 17.2 Å². The third-order valence-electron chi connectivity index (χ3n) is 4.31. The van der Waals surface area contributed by atoms with E-state index in [4.69, 9.17) is 55.9 Å². The van der Waals surface area contributed by atoms with Gasteiger partial charge in [0.25, 0.3) is 0 Å². The van der Waals surface area contributed by atoms with Crippen molar-refractivity contribution in [3.05, 3.63) is 78.2 Å². The molecule has 0 saturated carbocycles. The van der Waals surface area contributed by atoms with Gasteiger partial charge in [-0.25, -0.2) is 0 Å². The van der Waals surface area contributed by atoms with Crippen LogP contribution in [-0.4, -0.2) is 11.7 Å². The van der Waals surface area contributed by atoms with E-state index in [0.717, 1.165) is 10.0 Å². The Morgan fingerprint density at radius 1 is 0.935 bits per heavy atom. The van der Waals surface area contributed by atoms with Crippen LogP contribution in [0.4, 0.5) is 5.69 Å². The van der Waals surface area contributed by atoms with E-state index in [2.05, 4.69) is 21.2 Å². The fourth-order valence-corrected chi connectivity index (χ4v) is 4.41. The highest BCUT2D eigenvalue weighted by molar-refractivity contribution is 9.10. The minimum Gasteiger partial charge on any atom is -0.505 e. The summed E-state index contributed by atoms with van der Waals surface area (Å²) in [4.78, 5) is 0. The largest absolute Gasteiger partial charge is 0.505 e. The van der Waals surface area contributed by atoms with E-state index in [-0.39, 0.29) is 22.4 Å². The van der Waals surface area contributed by atoms with Crippen molar-refractivity contribution in [1.82, 2.24) is 0 Å². The van der Waals surface area contributed by atoms with Crippen LogP contribution in [0.2, 0.25) is 20.1 Å². The molecule has 0 fully saturated rings. The quantitative estimate of drug-likeness (QED) is 0.269. The number of ether oxygens (including phenoxy) is 2. The minimum absolute atomic E-state index is 0.143. The Morgan fingerprint density at radius 3 is 2.19 bits per heavy atom. The van der Waals surface area contributed by atoms with Gasteiger partial charge in [0.2, 0.25) is 0 Å². The molecule has 0 bridgehead atoms. The third-order valence-corrected chi connectivity index (χ3v) is 6.18. The predicted octanol–water partition coefficient (Wildman–Crippen LogP) is 8.36. The van der Waals surface area contributed by atoms with Gasteiger partial charge in [0, 0.05) is 27.8 Å². The van der Waals surface area contributed by atoms with Crippen molar-refractivity contribution in [2.75, 3.05) is 11.9 Å². The van der Waals surface area contributed by atoms with E-state index in [9.17, 15) is 5.11 Å². The fraction of sp³-hybridized carbons (Fsp3) is 0.182. The molecule has 0 spiro atoms. The summed E-state index contributed by atoms with van der Waals surface area (Å²) < 4.78 is 12.5. The zero-order valence-corrected chi connectivity index (χ0v) is 20.9. The van der Waals surface area contributed by atoms with Crippen LogP contribution in [0.25, 0.3) is 0 Å². The lowest BCUT2D eigenvalue weighted by molar-refractivity contribution is 0.267. The maximum absolute atomic E-state index is 9.70. The molecule has 0 saturated heterocycles. The third kappa shape index (κ3) is 6.05. The Morgan fingerprint density at radius 2 is 1.58 bits per heavy atom. The number of hydrogen-bond donors (Lipinski definition) is 2. The summed E-state index contributed by atoms with van der Waals surface area (Å²) in [6, 6.07) is 12.3. The van der Waals surface area contributed by atoms with E-state index in [1.54, 1.807) is 30.3 Å².